The number of hydrogen-bond donors (Lipinski definition) is 1. The van der Waals surface area contributed by atoms with Crippen LogP contribution in [0.25, 0.3) is 0 Å². The van der Waals surface area contributed by atoms with Gasteiger partial charge >= 0.3 is 0 Å². The number of aromatic nitrogens is 1. The van der Waals surface area contributed by atoms with Gasteiger partial charge in [-0.15, -0.1) is 11.3 Å². The van der Waals surface area contributed by atoms with Crippen LogP contribution in [-0.4, -0.2) is 9.91 Å². The van der Waals surface area contributed by atoms with Crippen LogP contribution in [-0.2, 0) is 5.41 Å². The molecule has 118 valence electrons. The normalized spacial score (nSPS) is 13.0. The molecule has 5 nitrogen and oxygen atoms in total. The van der Waals surface area contributed by atoms with Crippen molar-refractivity contribution in [3.8, 4) is 0 Å². The number of nitro benzene ring substituents is 1. The van der Waals surface area contributed by atoms with Crippen LogP contribution in [0.5, 0.6) is 0 Å². The highest BCUT2D eigenvalue weighted by Gasteiger charge is 2.19. The molecule has 22 heavy (non-hydrogen) atoms. The van der Waals surface area contributed by atoms with E-state index in [-0.39, 0.29) is 22.1 Å². The van der Waals surface area contributed by atoms with Crippen LogP contribution in [0.1, 0.15) is 50.0 Å². The Bertz CT molecular complexity index is 689. The van der Waals surface area contributed by atoms with Gasteiger partial charge in [0.05, 0.1) is 16.7 Å². The molecule has 1 aromatic heterocycles. The third-order valence-corrected chi connectivity index (χ3v) is 4.46. The maximum absolute atomic E-state index is 10.9. The van der Waals surface area contributed by atoms with Gasteiger partial charge in [0.25, 0.3) is 5.69 Å². The van der Waals surface area contributed by atoms with Crippen LogP contribution in [0, 0.1) is 17.0 Å². The molecule has 0 aliphatic carbocycles. The van der Waals surface area contributed by atoms with E-state index >= 15 is 0 Å². The maximum Gasteiger partial charge on any atom is 0.272 e. The second-order valence-corrected chi connectivity index (χ2v) is 7.34. The highest BCUT2D eigenvalue weighted by molar-refractivity contribution is 7.09. The molecule has 1 atom stereocenters. The number of anilines is 1. The average molecular weight is 319 g/mol. The molecule has 0 saturated heterocycles. The Hall–Kier alpha value is -1.95. The Labute approximate surface area is 134 Å². The Kier molecular flexibility index (Phi) is 4.51. The molecule has 0 amide bonds. The number of aryl methyl sites for hydroxylation is 1. The van der Waals surface area contributed by atoms with Gasteiger partial charge < -0.3 is 5.32 Å². The van der Waals surface area contributed by atoms with Gasteiger partial charge in [-0.1, -0.05) is 20.8 Å². The number of thiazole rings is 1. The number of rotatable bonds is 4. The van der Waals surface area contributed by atoms with Crippen molar-refractivity contribution in [1.29, 1.82) is 0 Å². The van der Waals surface area contributed by atoms with Gasteiger partial charge in [-0.2, -0.15) is 0 Å². The van der Waals surface area contributed by atoms with Gasteiger partial charge in [-0.25, -0.2) is 4.98 Å². The average Bonchev–Trinajstić information content (AvgIpc) is 2.87. The SMILES string of the molecule is Cc1cc(NC(C)c2nc(C(C)(C)C)cs2)ccc1[N+](=O)[O-]. The third-order valence-electron chi connectivity index (χ3n) is 3.44. The zero-order valence-corrected chi connectivity index (χ0v) is 14.3. The highest BCUT2D eigenvalue weighted by Crippen LogP contribution is 2.29. The molecule has 0 aliphatic heterocycles. The van der Waals surface area contributed by atoms with Crippen LogP contribution < -0.4 is 5.32 Å². The highest BCUT2D eigenvalue weighted by atomic mass is 32.1. The molecule has 2 aromatic rings. The van der Waals surface area contributed by atoms with Crippen molar-refractivity contribution in [2.24, 2.45) is 0 Å². The molecule has 1 aromatic carbocycles. The molecular weight excluding hydrogens is 298 g/mol. The number of hydrogen-bond acceptors (Lipinski definition) is 5. The summed E-state index contributed by atoms with van der Waals surface area (Å²) in [6.45, 7) is 10.2. The number of nitrogens with zero attached hydrogens (tertiary/aromatic N) is 2. The van der Waals surface area contributed by atoms with Crippen LogP contribution >= 0.6 is 11.3 Å². The van der Waals surface area contributed by atoms with Crippen molar-refractivity contribution in [3.05, 3.63) is 50.0 Å². The van der Waals surface area contributed by atoms with Crippen LogP contribution in [0.4, 0.5) is 11.4 Å². The van der Waals surface area contributed by atoms with Crippen molar-refractivity contribution < 1.29 is 4.92 Å². The fourth-order valence-electron chi connectivity index (χ4n) is 2.09. The third kappa shape index (κ3) is 3.62. The molecule has 1 unspecified atom stereocenters. The van der Waals surface area contributed by atoms with Crippen LogP contribution in [0.15, 0.2) is 23.6 Å². The topological polar surface area (TPSA) is 68.1 Å². The van der Waals surface area contributed by atoms with E-state index < -0.39 is 0 Å². The predicted molar refractivity (Wildman–Crippen MR) is 90.7 cm³/mol. The summed E-state index contributed by atoms with van der Waals surface area (Å²) in [6, 6.07) is 5.13. The fraction of sp³-hybridized carbons (Fsp3) is 0.438. The van der Waals surface area contributed by atoms with Gasteiger partial charge in [0.1, 0.15) is 5.01 Å². The summed E-state index contributed by atoms with van der Waals surface area (Å²) in [5.41, 5.74) is 2.78. The van der Waals surface area contributed by atoms with Crippen molar-refractivity contribution in [2.45, 2.75) is 46.1 Å². The van der Waals surface area contributed by atoms with Crippen LogP contribution in [0.2, 0.25) is 0 Å². The Morgan fingerprint density at radius 1 is 1.36 bits per heavy atom. The first-order valence-electron chi connectivity index (χ1n) is 7.16. The van der Waals surface area contributed by atoms with Gasteiger partial charge in [-0.3, -0.25) is 10.1 Å². The van der Waals surface area contributed by atoms with E-state index in [1.54, 1.807) is 30.4 Å². The summed E-state index contributed by atoms with van der Waals surface area (Å²) >= 11 is 1.63. The largest absolute Gasteiger partial charge is 0.376 e. The Morgan fingerprint density at radius 3 is 2.55 bits per heavy atom. The molecule has 0 spiro atoms. The van der Waals surface area contributed by atoms with E-state index in [2.05, 4.69) is 31.5 Å². The predicted octanol–water partition coefficient (Wildman–Crippen LogP) is 4.83. The van der Waals surface area contributed by atoms with Gasteiger partial charge in [0.2, 0.25) is 0 Å². The van der Waals surface area contributed by atoms with E-state index in [0.29, 0.717) is 5.56 Å². The van der Waals surface area contributed by atoms with E-state index in [4.69, 9.17) is 4.98 Å². The second-order valence-electron chi connectivity index (χ2n) is 6.45. The lowest BCUT2D eigenvalue weighted by atomic mass is 9.93. The summed E-state index contributed by atoms with van der Waals surface area (Å²) in [5, 5.41) is 17.3. The summed E-state index contributed by atoms with van der Waals surface area (Å²) in [4.78, 5) is 15.2. The van der Waals surface area contributed by atoms with Crippen molar-refractivity contribution in [1.82, 2.24) is 4.98 Å². The Morgan fingerprint density at radius 2 is 2.05 bits per heavy atom. The zero-order valence-electron chi connectivity index (χ0n) is 13.5. The lowest BCUT2D eigenvalue weighted by Crippen LogP contribution is -2.13. The lowest BCUT2D eigenvalue weighted by Gasteiger charge is -2.16. The summed E-state index contributed by atoms with van der Waals surface area (Å²) < 4.78 is 0. The fourth-order valence-corrected chi connectivity index (χ4v) is 3.15. The molecule has 1 N–H and O–H groups in total. The molecule has 2 rings (SSSR count). The molecule has 0 aliphatic rings. The van der Waals surface area contributed by atoms with Crippen molar-refractivity contribution in [2.75, 3.05) is 5.32 Å². The molecule has 0 bridgehead atoms. The molecule has 0 radical (unpaired) electrons. The van der Waals surface area contributed by atoms with E-state index in [1.807, 2.05) is 6.92 Å². The zero-order chi connectivity index (χ0) is 16.5. The summed E-state index contributed by atoms with van der Waals surface area (Å²) in [7, 11) is 0. The van der Waals surface area contributed by atoms with Crippen molar-refractivity contribution >= 4 is 22.7 Å². The molecule has 6 heteroatoms. The number of nitro groups is 1. The van der Waals surface area contributed by atoms with Crippen LogP contribution in [0.3, 0.4) is 0 Å². The second kappa shape index (κ2) is 6.04. The molecular formula is C16H21N3O2S. The molecule has 0 fully saturated rings. The Balaban J connectivity index is 2.15. The quantitative estimate of drug-likeness (QED) is 0.647. The first-order valence-corrected chi connectivity index (χ1v) is 8.04. The van der Waals surface area contributed by atoms with E-state index in [0.717, 1.165) is 16.4 Å². The minimum Gasteiger partial charge on any atom is -0.376 e. The first-order chi connectivity index (χ1) is 10.2. The first kappa shape index (κ1) is 16.4. The minimum atomic E-state index is -0.362. The van der Waals surface area contributed by atoms with Gasteiger partial charge in [0, 0.05) is 28.1 Å². The summed E-state index contributed by atoms with van der Waals surface area (Å²) in [5.74, 6) is 0. The van der Waals surface area contributed by atoms with Gasteiger partial charge in [-0.05, 0) is 26.0 Å². The summed E-state index contributed by atoms with van der Waals surface area (Å²) in [6.07, 6.45) is 0. The number of benzene rings is 1. The maximum atomic E-state index is 10.9. The molecule has 0 saturated carbocycles. The standard InChI is InChI=1S/C16H21N3O2S/c1-10-8-12(6-7-13(10)19(20)21)17-11(2)15-18-14(9-22-15)16(3,4)5/h6-9,11,17H,1-5H3. The lowest BCUT2D eigenvalue weighted by molar-refractivity contribution is -0.385. The van der Waals surface area contributed by atoms with Gasteiger partial charge in [0.15, 0.2) is 0 Å². The monoisotopic (exact) mass is 319 g/mol. The number of nitrogens with one attached hydrogen (secondary N) is 1. The van der Waals surface area contributed by atoms with E-state index in [9.17, 15) is 10.1 Å². The molecule has 1 heterocycles. The smallest absolute Gasteiger partial charge is 0.272 e. The van der Waals surface area contributed by atoms with E-state index in [1.165, 1.54) is 6.07 Å². The minimum absolute atomic E-state index is 0.0401. The van der Waals surface area contributed by atoms with Crippen molar-refractivity contribution in [3.63, 3.8) is 0 Å².